The number of nitrogens with one attached hydrogen (secondary N) is 1. The fourth-order valence-corrected chi connectivity index (χ4v) is 3.37. The van der Waals surface area contributed by atoms with Crippen molar-refractivity contribution < 1.29 is 28.6 Å². The molecule has 1 aliphatic heterocycles. The molecule has 2 rings (SSSR count). The summed E-state index contributed by atoms with van der Waals surface area (Å²) < 4.78 is 15.0. The van der Waals surface area contributed by atoms with Gasteiger partial charge in [0.05, 0.1) is 24.2 Å². The molecule has 0 fully saturated rings. The Balaban J connectivity index is 2.39. The van der Waals surface area contributed by atoms with E-state index in [0.717, 1.165) is 0 Å². The summed E-state index contributed by atoms with van der Waals surface area (Å²) in [5.41, 5.74) is 2.20. The first kappa shape index (κ1) is 22.5. The molecule has 0 amide bonds. The van der Waals surface area contributed by atoms with E-state index in [1.807, 2.05) is 6.92 Å². The Hall–Kier alpha value is -2.80. The SMILES string of the molecule is CCCC(=O)OCOC(=O)C1=C(C)NC(C)=C(C(=O)OC)C1c1cccc(Cl)c1. The smallest absolute Gasteiger partial charge is 0.339 e. The molecule has 1 heterocycles. The number of rotatable bonds is 7. The van der Waals surface area contributed by atoms with Gasteiger partial charge in [0.2, 0.25) is 6.79 Å². The van der Waals surface area contributed by atoms with Gasteiger partial charge in [0.25, 0.3) is 0 Å². The standard InChI is InChI=1S/C21H24ClNO6/c1-5-7-16(24)28-11-29-21(26)18-13(3)23-12(2)17(20(25)27-4)19(18)14-8-6-9-15(22)10-14/h6,8-10,19,23H,5,7,11H2,1-4H3. The van der Waals surface area contributed by atoms with E-state index in [-0.39, 0.29) is 17.6 Å². The maximum atomic E-state index is 12.9. The number of ether oxygens (including phenoxy) is 3. The van der Waals surface area contributed by atoms with Crippen molar-refractivity contribution in [1.29, 1.82) is 0 Å². The maximum absolute atomic E-state index is 12.9. The first-order chi connectivity index (χ1) is 13.8. The summed E-state index contributed by atoms with van der Waals surface area (Å²) in [5.74, 6) is -2.49. The second-order valence-electron chi connectivity index (χ2n) is 6.50. The van der Waals surface area contributed by atoms with Gasteiger partial charge in [-0.25, -0.2) is 9.59 Å². The van der Waals surface area contributed by atoms with Crippen LogP contribution in [-0.2, 0) is 28.6 Å². The van der Waals surface area contributed by atoms with Crippen LogP contribution < -0.4 is 5.32 Å². The zero-order valence-corrected chi connectivity index (χ0v) is 17.6. The van der Waals surface area contributed by atoms with E-state index in [9.17, 15) is 14.4 Å². The third kappa shape index (κ3) is 5.38. The number of carbonyl (C=O) groups is 3. The van der Waals surface area contributed by atoms with E-state index in [1.165, 1.54) is 7.11 Å². The minimum atomic E-state index is -0.749. The maximum Gasteiger partial charge on any atom is 0.339 e. The van der Waals surface area contributed by atoms with Gasteiger partial charge in [0.15, 0.2) is 0 Å². The van der Waals surface area contributed by atoms with Crippen LogP contribution in [0.3, 0.4) is 0 Å². The van der Waals surface area contributed by atoms with Gasteiger partial charge in [-0.05, 0) is 38.0 Å². The van der Waals surface area contributed by atoms with Crippen LogP contribution in [0.4, 0.5) is 0 Å². The Bertz CT molecular complexity index is 874. The van der Waals surface area contributed by atoms with Crippen LogP contribution in [0.5, 0.6) is 0 Å². The minimum absolute atomic E-state index is 0.213. The summed E-state index contributed by atoms with van der Waals surface area (Å²) >= 11 is 6.14. The van der Waals surface area contributed by atoms with Crippen LogP contribution in [0.15, 0.2) is 46.8 Å². The molecular weight excluding hydrogens is 398 g/mol. The summed E-state index contributed by atoms with van der Waals surface area (Å²) in [6.45, 7) is 4.76. The van der Waals surface area contributed by atoms with Gasteiger partial charge in [-0.2, -0.15) is 0 Å². The highest BCUT2D eigenvalue weighted by Crippen LogP contribution is 2.39. The van der Waals surface area contributed by atoms with E-state index in [0.29, 0.717) is 28.4 Å². The molecule has 0 bridgehead atoms. The number of carbonyl (C=O) groups excluding carboxylic acids is 3. The first-order valence-corrected chi connectivity index (χ1v) is 9.53. The molecule has 1 aromatic carbocycles. The molecule has 1 unspecified atom stereocenters. The summed E-state index contributed by atoms with van der Waals surface area (Å²) in [6, 6.07) is 6.87. The lowest BCUT2D eigenvalue weighted by molar-refractivity contribution is -0.164. The molecule has 8 heteroatoms. The molecule has 29 heavy (non-hydrogen) atoms. The number of dihydropyridines is 1. The zero-order valence-electron chi connectivity index (χ0n) is 16.8. The fourth-order valence-electron chi connectivity index (χ4n) is 3.17. The Morgan fingerprint density at radius 3 is 2.31 bits per heavy atom. The van der Waals surface area contributed by atoms with Gasteiger partial charge >= 0.3 is 17.9 Å². The molecule has 0 radical (unpaired) electrons. The number of esters is 3. The Kier molecular flexibility index (Phi) is 7.84. The van der Waals surface area contributed by atoms with Gasteiger partial charge in [-0.1, -0.05) is 30.7 Å². The van der Waals surface area contributed by atoms with Crippen molar-refractivity contribution in [3.05, 3.63) is 57.4 Å². The summed E-state index contributed by atoms with van der Waals surface area (Å²) in [6.07, 6.45) is 0.866. The lowest BCUT2D eigenvalue weighted by atomic mass is 9.80. The molecule has 1 atom stereocenters. The van der Waals surface area contributed by atoms with Crippen molar-refractivity contribution in [2.24, 2.45) is 0 Å². The van der Waals surface area contributed by atoms with Gasteiger partial charge in [-0.3, -0.25) is 4.79 Å². The molecule has 1 N–H and O–H groups in total. The van der Waals surface area contributed by atoms with E-state index < -0.39 is 30.6 Å². The summed E-state index contributed by atoms with van der Waals surface area (Å²) in [4.78, 5) is 36.8. The molecule has 156 valence electrons. The lowest BCUT2D eigenvalue weighted by Gasteiger charge is -2.30. The van der Waals surface area contributed by atoms with Crippen LogP contribution in [0.1, 0.15) is 45.1 Å². The number of methoxy groups -OCH3 is 1. The lowest BCUT2D eigenvalue weighted by Crippen LogP contribution is -2.32. The second-order valence-corrected chi connectivity index (χ2v) is 6.93. The number of hydrogen-bond donors (Lipinski definition) is 1. The van der Waals surface area contributed by atoms with Crippen LogP contribution in [-0.4, -0.2) is 31.8 Å². The Morgan fingerprint density at radius 1 is 1.07 bits per heavy atom. The van der Waals surface area contributed by atoms with E-state index in [2.05, 4.69) is 5.32 Å². The predicted octanol–water partition coefficient (Wildman–Crippen LogP) is 3.59. The highest BCUT2D eigenvalue weighted by molar-refractivity contribution is 6.30. The van der Waals surface area contributed by atoms with Crippen molar-refractivity contribution in [2.75, 3.05) is 13.9 Å². The van der Waals surface area contributed by atoms with Crippen molar-refractivity contribution in [2.45, 2.75) is 39.5 Å². The third-order valence-corrected chi connectivity index (χ3v) is 4.67. The number of benzene rings is 1. The van der Waals surface area contributed by atoms with Crippen molar-refractivity contribution in [1.82, 2.24) is 5.32 Å². The molecule has 0 aliphatic carbocycles. The minimum Gasteiger partial charge on any atom is -0.466 e. The fraction of sp³-hybridized carbons (Fsp3) is 0.381. The Labute approximate surface area is 174 Å². The topological polar surface area (TPSA) is 90.9 Å². The van der Waals surface area contributed by atoms with Gasteiger partial charge in [0, 0.05) is 22.8 Å². The van der Waals surface area contributed by atoms with Crippen molar-refractivity contribution >= 4 is 29.5 Å². The summed E-state index contributed by atoms with van der Waals surface area (Å²) in [5, 5.41) is 3.49. The van der Waals surface area contributed by atoms with Gasteiger partial charge < -0.3 is 19.5 Å². The van der Waals surface area contributed by atoms with Crippen LogP contribution >= 0.6 is 11.6 Å². The molecule has 0 saturated heterocycles. The van der Waals surface area contributed by atoms with Gasteiger partial charge in [-0.15, -0.1) is 0 Å². The average molecular weight is 422 g/mol. The molecule has 0 spiro atoms. The highest BCUT2D eigenvalue weighted by atomic mass is 35.5. The van der Waals surface area contributed by atoms with E-state index in [4.69, 9.17) is 25.8 Å². The normalized spacial score (nSPS) is 16.2. The quantitative estimate of drug-likeness (QED) is 0.531. The van der Waals surface area contributed by atoms with Crippen LogP contribution in [0, 0.1) is 0 Å². The van der Waals surface area contributed by atoms with Crippen molar-refractivity contribution in [3.8, 4) is 0 Å². The largest absolute Gasteiger partial charge is 0.466 e. The molecule has 1 aromatic rings. The monoisotopic (exact) mass is 421 g/mol. The number of allylic oxidation sites excluding steroid dienone is 2. The first-order valence-electron chi connectivity index (χ1n) is 9.15. The van der Waals surface area contributed by atoms with Crippen LogP contribution in [0.2, 0.25) is 5.02 Å². The third-order valence-electron chi connectivity index (χ3n) is 4.43. The van der Waals surface area contributed by atoms with E-state index >= 15 is 0 Å². The average Bonchev–Trinajstić information content (AvgIpc) is 2.67. The van der Waals surface area contributed by atoms with Gasteiger partial charge in [0.1, 0.15) is 0 Å². The summed E-state index contributed by atoms with van der Waals surface area (Å²) in [7, 11) is 1.27. The van der Waals surface area contributed by atoms with Crippen molar-refractivity contribution in [3.63, 3.8) is 0 Å². The molecule has 0 saturated carbocycles. The molecule has 0 aromatic heterocycles. The highest BCUT2D eigenvalue weighted by Gasteiger charge is 2.38. The van der Waals surface area contributed by atoms with E-state index in [1.54, 1.807) is 38.1 Å². The number of hydrogen-bond acceptors (Lipinski definition) is 7. The second kappa shape index (κ2) is 10.1. The Morgan fingerprint density at radius 2 is 1.72 bits per heavy atom. The zero-order chi connectivity index (χ0) is 21.6. The predicted molar refractivity (Wildman–Crippen MR) is 107 cm³/mol. The number of halogens is 1. The van der Waals surface area contributed by atoms with Crippen LogP contribution in [0.25, 0.3) is 0 Å². The molecule has 7 nitrogen and oxygen atoms in total. The molecular formula is C21H24ClNO6. The molecule has 1 aliphatic rings.